The Balaban J connectivity index is 1.32. The van der Waals surface area contributed by atoms with Gasteiger partial charge in [-0.1, -0.05) is 12.1 Å². The van der Waals surface area contributed by atoms with Crippen molar-refractivity contribution in [1.29, 1.82) is 0 Å². The topological polar surface area (TPSA) is 63.1 Å². The van der Waals surface area contributed by atoms with Crippen molar-refractivity contribution in [2.75, 3.05) is 13.1 Å². The second-order valence-corrected chi connectivity index (χ2v) is 7.71. The summed E-state index contributed by atoms with van der Waals surface area (Å²) in [6, 6.07) is 6.82. The van der Waals surface area contributed by atoms with Crippen LogP contribution in [0.2, 0.25) is 0 Å². The number of halogens is 1. The summed E-state index contributed by atoms with van der Waals surface area (Å²) in [7, 11) is 0. The quantitative estimate of drug-likeness (QED) is 0.894. The van der Waals surface area contributed by atoms with E-state index in [1.807, 2.05) is 17.7 Å². The molecule has 1 N–H and O–H groups in total. The molecule has 2 unspecified atom stereocenters. The molecule has 0 saturated carbocycles. The molecule has 1 fully saturated rings. The molecule has 0 aliphatic carbocycles. The monoisotopic (exact) mass is 371 g/mol. The number of nitrogens with zero attached hydrogens (tertiary/aromatic N) is 4. The first-order valence-electron chi connectivity index (χ1n) is 9.74. The molecule has 1 aromatic carbocycles. The first-order chi connectivity index (χ1) is 13.1. The SMILES string of the molecule is Cc1nc2n(n1)CC(NC(=O)C1CCCN(Cc3cccc(F)c3)C1)CC2. The summed E-state index contributed by atoms with van der Waals surface area (Å²) in [6.45, 7) is 4.95. The van der Waals surface area contributed by atoms with E-state index < -0.39 is 0 Å². The molecule has 4 rings (SSSR count). The van der Waals surface area contributed by atoms with Crippen molar-refractivity contribution < 1.29 is 9.18 Å². The van der Waals surface area contributed by atoms with E-state index in [1.165, 1.54) is 6.07 Å². The molecule has 6 nitrogen and oxygen atoms in total. The molecule has 27 heavy (non-hydrogen) atoms. The average Bonchev–Trinajstić information content (AvgIpc) is 3.01. The number of benzene rings is 1. The van der Waals surface area contributed by atoms with Crippen LogP contribution in [0.5, 0.6) is 0 Å². The Labute approximate surface area is 158 Å². The van der Waals surface area contributed by atoms with Crippen molar-refractivity contribution in [1.82, 2.24) is 25.0 Å². The highest BCUT2D eigenvalue weighted by molar-refractivity contribution is 5.79. The zero-order chi connectivity index (χ0) is 18.8. The molecule has 0 spiro atoms. The lowest BCUT2D eigenvalue weighted by Crippen LogP contribution is -2.48. The van der Waals surface area contributed by atoms with Crippen LogP contribution in [-0.4, -0.2) is 44.7 Å². The number of carbonyl (C=O) groups is 1. The number of aryl methyl sites for hydroxylation is 2. The predicted molar refractivity (Wildman–Crippen MR) is 99.4 cm³/mol. The maximum absolute atomic E-state index is 13.4. The zero-order valence-electron chi connectivity index (χ0n) is 15.7. The van der Waals surface area contributed by atoms with Gasteiger partial charge in [-0.25, -0.2) is 14.1 Å². The molecule has 0 bridgehead atoms. The van der Waals surface area contributed by atoms with Gasteiger partial charge in [-0.05, 0) is 50.4 Å². The second-order valence-electron chi connectivity index (χ2n) is 7.71. The van der Waals surface area contributed by atoms with Gasteiger partial charge in [0, 0.05) is 25.6 Å². The van der Waals surface area contributed by atoms with Crippen molar-refractivity contribution in [2.24, 2.45) is 5.92 Å². The third kappa shape index (κ3) is 4.35. The number of fused-ring (bicyclic) bond motifs is 1. The molecule has 2 aromatic rings. The number of hydrogen-bond donors (Lipinski definition) is 1. The standard InChI is InChI=1S/C20H26FN5O/c1-14-22-19-8-7-18(13-26(19)24-14)23-20(27)16-5-3-9-25(12-16)11-15-4-2-6-17(21)10-15/h2,4,6,10,16,18H,3,5,7-9,11-13H2,1H3,(H,23,27). The normalized spacial score (nSPS) is 23.0. The van der Waals surface area contributed by atoms with Crippen LogP contribution in [0.3, 0.4) is 0 Å². The van der Waals surface area contributed by atoms with Gasteiger partial charge in [0.05, 0.1) is 12.5 Å². The molecular formula is C20H26FN5O. The maximum atomic E-state index is 13.4. The lowest BCUT2D eigenvalue weighted by Gasteiger charge is -2.33. The summed E-state index contributed by atoms with van der Waals surface area (Å²) in [5.41, 5.74) is 0.956. The molecule has 2 atom stereocenters. The molecule has 0 radical (unpaired) electrons. The number of nitrogens with one attached hydrogen (secondary N) is 1. The Morgan fingerprint density at radius 2 is 2.22 bits per heavy atom. The Morgan fingerprint density at radius 1 is 1.33 bits per heavy atom. The van der Waals surface area contributed by atoms with Gasteiger partial charge in [-0.15, -0.1) is 0 Å². The molecule has 3 heterocycles. The average molecular weight is 371 g/mol. The number of rotatable bonds is 4. The summed E-state index contributed by atoms with van der Waals surface area (Å²) in [4.78, 5) is 19.5. The number of hydrogen-bond acceptors (Lipinski definition) is 4. The van der Waals surface area contributed by atoms with Crippen LogP contribution in [0.1, 0.15) is 36.5 Å². The third-order valence-corrected chi connectivity index (χ3v) is 5.48. The molecule has 1 amide bonds. The van der Waals surface area contributed by atoms with E-state index in [0.717, 1.165) is 56.0 Å². The largest absolute Gasteiger partial charge is 0.351 e. The molecule has 2 aliphatic rings. The number of aromatic nitrogens is 3. The first-order valence-corrected chi connectivity index (χ1v) is 9.74. The van der Waals surface area contributed by atoms with Crippen LogP contribution in [-0.2, 0) is 24.3 Å². The fraction of sp³-hybridized carbons (Fsp3) is 0.550. The van der Waals surface area contributed by atoms with Crippen LogP contribution in [0.4, 0.5) is 4.39 Å². The molecular weight excluding hydrogens is 345 g/mol. The summed E-state index contributed by atoms with van der Waals surface area (Å²) in [5.74, 6) is 1.71. The van der Waals surface area contributed by atoms with Gasteiger partial charge in [0.2, 0.25) is 5.91 Å². The lowest BCUT2D eigenvalue weighted by atomic mass is 9.95. The van der Waals surface area contributed by atoms with Crippen molar-refractivity contribution in [3.63, 3.8) is 0 Å². The molecule has 2 aliphatic heterocycles. The van der Waals surface area contributed by atoms with E-state index in [1.54, 1.807) is 12.1 Å². The number of likely N-dealkylation sites (tertiary alicyclic amines) is 1. The highest BCUT2D eigenvalue weighted by Gasteiger charge is 2.29. The van der Waals surface area contributed by atoms with E-state index >= 15 is 0 Å². The Morgan fingerprint density at radius 3 is 3.07 bits per heavy atom. The van der Waals surface area contributed by atoms with Gasteiger partial charge < -0.3 is 5.32 Å². The molecule has 144 valence electrons. The minimum atomic E-state index is -0.209. The minimum absolute atomic E-state index is 0.00816. The Hall–Kier alpha value is -2.28. The maximum Gasteiger partial charge on any atom is 0.224 e. The smallest absolute Gasteiger partial charge is 0.224 e. The van der Waals surface area contributed by atoms with Gasteiger partial charge in [0.15, 0.2) is 0 Å². The first kappa shape index (κ1) is 18.1. The van der Waals surface area contributed by atoms with Gasteiger partial charge in [0.25, 0.3) is 0 Å². The van der Waals surface area contributed by atoms with Gasteiger partial charge in [-0.3, -0.25) is 9.69 Å². The second kappa shape index (κ2) is 7.76. The van der Waals surface area contributed by atoms with E-state index in [-0.39, 0.29) is 23.7 Å². The van der Waals surface area contributed by atoms with Crippen LogP contribution in [0, 0.1) is 18.7 Å². The highest BCUT2D eigenvalue weighted by Crippen LogP contribution is 2.20. The van der Waals surface area contributed by atoms with E-state index in [9.17, 15) is 9.18 Å². The van der Waals surface area contributed by atoms with Crippen LogP contribution in [0.15, 0.2) is 24.3 Å². The summed E-state index contributed by atoms with van der Waals surface area (Å²) < 4.78 is 15.3. The van der Waals surface area contributed by atoms with Crippen molar-refractivity contribution in [3.05, 3.63) is 47.3 Å². The Kier molecular flexibility index (Phi) is 5.20. The highest BCUT2D eigenvalue weighted by atomic mass is 19.1. The predicted octanol–water partition coefficient (Wildman–Crippen LogP) is 2.07. The van der Waals surface area contributed by atoms with Gasteiger partial charge >= 0.3 is 0 Å². The van der Waals surface area contributed by atoms with Gasteiger partial charge in [-0.2, -0.15) is 5.10 Å². The van der Waals surface area contributed by atoms with Crippen molar-refractivity contribution in [3.8, 4) is 0 Å². The summed E-state index contributed by atoms with van der Waals surface area (Å²) in [6.07, 6.45) is 3.65. The zero-order valence-corrected chi connectivity index (χ0v) is 15.7. The van der Waals surface area contributed by atoms with E-state index in [2.05, 4.69) is 20.3 Å². The fourth-order valence-corrected chi connectivity index (χ4v) is 4.18. The molecule has 1 aromatic heterocycles. The summed E-state index contributed by atoms with van der Waals surface area (Å²) >= 11 is 0. The third-order valence-electron chi connectivity index (χ3n) is 5.48. The number of amides is 1. The van der Waals surface area contributed by atoms with Crippen molar-refractivity contribution >= 4 is 5.91 Å². The molecule has 7 heteroatoms. The Bertz CT molecular complexity index is 820. The van der Waals surface area contributed by atoms with E-state index in [4.69, 9.17) is 0 Å². The molecule has 1 saturated heterocycles. The van der Waals surface area contributed by atoms with Crippen LogP contribution >= 0.6 is 0 Å². The number of piperidine rings is 1. The summed E-state index contributed by atoms with van der Waals surface area (Å²) in [5, 5.41) is 7.62. The van der Waals surface area contributed by atoms with Crippen molar-refractivity contribution in [2.45, 2.75) is 51.7 Å². The minimum Gasteiger partial charge on any atom is -0.351 e. The van der Waals surface area contributed by atoms with Gasteiger partial charge in [0.1, 0.15) is 17.5 Å². The van der Waals surface area contributed by atoms with E-state index in [0.29, 0.717) is 13.1 Å². The lowest BCUT2D eigenvalue weighted by molar-refractivity contribution is -0.127. The van der Waals surface area contributed by atoms with Crippen LogP contribution < -0.4 is 5.32 Å². The van der Waals surface area contributed by atoms with Crippen LogP contribution in [0.25, 0.3) is 0 Å². The fourth-order valence-electron chi connectivity index (χ4n) is 4.18. The number of carbonyl (C=O) groups excluding carboxylic acids is 1.